The van der Waals surface area contributed by atoms with Crippen LogP contribution in [0.15, 0.2) is 91.0 Å². The SMILES string of the molecule is Fc1cc(-c2ccc(OCc3ccccc3)nc2OCc2ccccc2)ccc1C1COC2(CCNCC2)O1. The van der Waals surface area contributed by atoms with Crippen molar-refractivity contribution in [2.24, 2.45) is 0 Å². The molecule has 6 nitrogen and oxygen atoms in total. The number of nitrogens with zero attached hydrogens (tertiary/aromatic N) is 1. The number of hydrogen-bond donors (Lipinski definition) is 1. The minimum Gasteiger partial charge on any atom is -0.473 e. The van der Waals surface area contributed by atoms with E-state index in [2.05, 4.69) is 10.3 Å². The molecule has 2 saturated heterocycles. The first-order chi connectivity index (χ1) is 19.2. The predicted octanol–water partition coefficient (Wildman–Crippen LogP) is 6.21. The van der Waals surface area contributed by atoms with Crippen molar-refractivity contribution in [2.45, 2.75) is 37.9 Å². The fourth-order valence-electron chi connectivity index (χ4n) is 5.02. The van der Waals surface area contributed by atoms with Gasteiger partial charge in [-0.3, -0.25) is 0 Å². The van der Waals surface area contributed by atoms with Crippen LogP contribution >= 0.6 is 0 Å². The largest absolute Gasteiger partial charge is 0.473 e. The van der Waals surface area contributed by atoms with Crippen LogP contribution in [-0.2, 0) is 22.7 Å². The van der Waals surface area contributed by atoms with Gasteiger partial charge in [-0.15, -0.1) is 0 Å². The van der Waals surface area contributed by atoms with Gasteiger partial charge in [0.2, 0.25) is 11.8 Å². The van der Waals surface area contributed by atoms with Crippen molar-refractivity contribution in [3.63, 3.8) is 0 Å². The van der Waals surface area contributed by atoms with E-state index in [-0.39, 0.29) is 5.82 Å². The maximum absolute atomic E-state index is 15.5. The Bertz CT molecular complexity index is 1390. The molecule has 1 atom stereocenters. The van der Waals surface area contributed by atoms with Gasteiger partial charge in [0.1, 0.15) is 25.1 Å². The molecule has 1 unspecified atom stereocenters. The Balaban J connectivity index is 1.24. The number of piperidine rings is 1. The predicted molar refractivity (Wildman–Crippen MR) is 146 cm³/mol. The molecule has 2 aliphatic rings. The van der Waals surface area contributed by atoms with Crippen LogP contribution in [0.1, 0.15) is 35.6 Å². The van der Waals surface area contributed by atoms with Gasteiger partial charge < -0.3 is 24.3 Å². The van der Waals surface area contributed by atoms with E-state index in [1.54, 1.807) is 12.1 Å². The normalized spacial score (nSPS) is 18.2. The second kappa shape index (κ2) is 11.5. The van der Waals surface area contributed by atoms with Crippen LogP contribution in [0.25, 0.3) is 11.1 Å². The third-order valence-electron chi connectivity index (χ3n) is 7.16. The highest BCUT2D eigenvalue weighted by Crippen LogP contribution is 2.40. The molecule has 7 heteroatoms. The number of ether oxygens (including phenoxy) is 4. The van der Waals surface area contributed by atoms with Crippen LogP contribution in [-0.4, -0.2) is 30.5 Å². The van der Waals surface area contributed by atoms with Crippen molar-refractivity contribution in [3.05, 3.63) is 114 Å². The number of halogens is 1. The van der Waals surface area contributed by atoms with Crippen molar-refractivity contribution in [1.29, 1.82) is 0 Å². The quantitative estimate of drug-likeness (QED) is 0.294. The van der Waals surface area contributed by atoms with Crippen LogP contribution in [0.3, 0.4) is 0 Å². The van der Waals surface area contributed by atoms with E-state index in [0.717, 1.165) is 37.1 Å². The Kier molecular flexibility index (Phi) is 7.54. The molecule has 200 valence electrons. The lowest BCUT2D eigenvalue weighted by atomic mass is 10.0. The standard InChI is InChI=1S/C32H31FN2O4/c33-28-19-25(11-12-27(28)29-22-38-32(39-29)15-17-34-18-16-32)26-13-14-30(36-20-23-7-3-1-4-8-23)35-31(26)37-21-24-9-5-2-6-10-24/h1-14,19,29,34H,15-18,20-22H2. The molecule has 1 N–H and O–H groups in total. The lowest BCUT2D eigenvalue weighted by molar-refractivity contribution is -0.184. The van der Waals surface area contributed by atoms with Crippen LogP contribution in [0.5, 0.6) is 11.8 Å². The highest BCUT2D eigenvalue weighted by atomic mass is 19.1. The number of aromatic nitrogens is 1. The van der Waals surface area contributed by atoms with Crippen molar-refractivity contribution < 1.29 is 23.3 Å². The van der Waals surface area contributed by atoms with Gasteiger partial charge >= 0.3 is 0 Å². The summed E-state index contributed by atoms with van der Waals surface area (Å²) < 4.78 is 39.8. The molecule has 3 aromatic carbocycles. The van der Waals surface area contributed by atoms with E-state index in [1.807, 2.05) is 72.8 Å². The minimum atomic E-state index is -0.612. The van der Waals surface area contributed by atoms with Gasteiger partial charge in [0, 0.05) is 43.1 Å². The first kappa shape index (κ1) is 25.5. The molecule has 3 heterocycles. The van der Waals surface area contributed by atoms with E-state index in [0.29, 0.717) is 48.3 Å². The molecular formula is C32H31FN2O4. The summed E-state index contributed by atoms with van der Waals surface area (Å²) in [5, 5.41) is 3.31. The highest BCUT2D eigenvalue weighted by Gasteiger charge is 2.43. The molecule has 39 heavy (non-hydrogen) atoms. The first-order valence-electron chi connectivity index (χ1n) is 13.3. The number of hydrogen-bond acceptors (Lipinski definition) is 6. The van der Waals surface area contributed by atoms with E-state index >= 15 is 4.39 Å². The zero-order valence-electron chi connectivity index (χ0n) is 21.6. The monoisotopic (exact) mass is 526 g/mol. The number of nitrogens with one attached hydrogen (secondary N) is 1. The Morgan fingerprint density at radius 3 is 2.23 bits per heavy atom. The van der Waals surface area contributed by atoms with Gasteiger partial charge in [0.25, 0.3) is 0 Å². The Labute approximate surface area is 227 Å². The van der Waals surface area contributed by atoms with Crippen molar-refractivity contribution in [2.75, 3.05) is 19.7 Å². The third-order valence-corrected chi connectivity index (χ3v) is 7.16. The van der Waals surface area contributed by atoms with E-state index in [4.69, 9.17) is 18.9 Å². The summed E-state index contributed by atoms with van der Waals surface area (Å²) in [4.78, 5) is 4.65. The summed E-state index contributed by atoms with van der Waals surface area (Å²) in [5.74, 6) is -0.137. The van der Waals surface area contributed by atoms with Crippen LogP contribution in [0.2, 0.25) is 0 Å². The second-order valence-corrected chi connectivity index (χ2v) is 9.87. The molecule has 4 aromatic rings. The van der Waals surface area contributed by atoms with Crippen molar-refractivity contribution in [3.8, 4) is 22.9 Å². The summed E-state index contributed by atoms with van der Waals surface area (Å²) in [7, 11) is 0. The maximum Gasteiger partial charge on any atom is 0.225 e. The first-order valence-corrected chi connectivity index (χ1v) is 13.3. The highest BCUT2D eigenvalue weighted by molar-refractivity contribution is 5.69. The topological polar surface area (TPSA) is 61.8 Å². The summed E-state index contributed by atoms with van der Waals surface area (Å²) in [5.41, 5.74) is 3.89. The summed E-state index contributed by atoms with van der Waals surface area (Å²) in [6.45, 7) is 2.72. The molecule has 0 bridgehead atoms. The van der Waals surface area contributed by atoms with Gasteiger partial charge in [-0.05, 0) is 28.8 Å². The van der Waals surface area contributed by atoms with Crippen LogP contribution in [0.4, 0.5) is 4.39 Å². The fourth-order valence-corrected chi connectivity index (χ4v) is 5.02. The smallest absolute Gasteiger partial charge is 0.225 e. The van der Waals surface area contributed by atoms with Crippen LogP contribution < -0.4 is 14.8 Å². The van der Waals surface area contributed by atoms with Gasteiger partial charge in [-0.2, -0.15) is 4.98 Å². The number of pyridine rings is 1. The molecular weight excluding hydrogens is 495 g/mol. The van der Waals surface area contributed by atoms with Gasteiger partial charge in [0.15, 0.2) is 5.79 Å². The van der Waals surface area contributed by atoms with Crippen molar-refractivity contribution in [1.82, 2.24) is 10.3 Å². The Morgan fingerprint density at radius 1 is 0.846 bits per heavy atom. The third kappa shape index (κ3) is 5.96. The Hall–Kier alpha value is -3.78. The van der Waals surface area contributed by atoms with Crippen LogP contribution in [0, 0.1) is 5.82 Å². The molecule has 2 aliphatic heterocycles. The maximum atomic E-state index is 15.5. The number of benzene rings is 3. The summed E-state index contributed by atoms with van der Waals surface area (Å²) in [6, 6.07) is 28.6. The molecule has 0 saturated carbocycles. The number of rotatable bonds is 8. The summed E-state index contributed by atoms with van der Waals surface area (Å²) in [6.07, 6.45) is 1.09. The fraction of sp³-hybridized carbons (Fsp3) is 0.281. The lowest BCUT2D eigenvalue weighted by Crippen LogP contribution is -2.42. The molecule has 0 aliphatic carbocycles. The lowest BCUT2D eigenvalue weighted by Gasteiger charge is -2.32. The minimum absolute atomic E-state index is 0.327. The van der Waals surface area contributed by atoms with Gasteiger partial charge in [-0.1, -0.05) is 72.8 Å². The van der Waals surface area contributed by atoms with Gasteiger partial charge in [-0.25, -0.2) is 4.39 Å². The summed E-state index contributed by atoms with van der Waals surface area (Å²) >= 11 is 0. The molecule has 1 spiro atoms. The average molecular weight is 527 g/mol. The molecule has 0 radical (unpaired) electrons. The second-order valence-electron chi connectivity index (χ2n) is 9.87. The van der Waals surface area contributed by atoms with E-state index in [1.165, 1.54) is 6.07 Å². The van der Waals surface area contributed by atoms with Gasteiger partial charge in [0.05, 0.1) is 6.61 Å². The average Bonchev–Trinajstić information content (AvgIpc) is 3.38. The molecule has 2 fully saturated rings. The van der Waals surface area contributed by atoms with E-state index in [9.17, 15) is 0 Å². The van der Waals surface area contributed by atoms with Crippen molar-refractivity contribution >= 4 is 0 Å². The molecule has 6 rings (SSSR count). The Morgan fingerprint density at radius 2 is 1.54 bits per heavy atom. The molecule has 1 aromatic heterocycles. The van der Waals surface area contributed by atoms with E-state index < -0.39 is 11.9 Å². The zero-order chi connectivity index (χ0) is 26.5. The molecule has 0 amide bonds. The zero-order valence-corrected chi connectivity index (χ0v) is 21.6.